The summed E-state index contributed by atoms with van der Waals surface area (Å²) >= 11 is 0. The summed E-state index contributed by atoms with van der Waals surface area (Å²) in [5, 5.41) is 11.4. The highest BCUT2D eigenvalue weighted by atomic mass is 16.6. The van der Waals surface area contributed by atoms with Crippen molar-refractivity contribution >= 4 is 18.0 Å². The first-order valence-corrected chi connectivity index (χ1v) is 13.9. The Bertz CT molecular complexity index is 1350. The predicted molar refractivity (Wildman–Crippen MR) is 156 cm³/mol. The monoisotopic (exact) mass is 575 g/mol. The second-order valence-electron chi connectivity index (χ2n) is 11.1. The molecule has 1 aliphatic carbocycles. The normalized spacial score (nSPS) is 13.8. The van der Waals surface area contributed by atoms with Crippen LogP contribution in [-0.2, 0) is 30.4 Å². The van der Waals surface area contributed by atoms with Crippen LogP contribution in [0.25, 0.3) is 11.1 Å². The Hall–Kier alpha value is -4.37. The van der Waals surface area contributed by atoms with Crippen LogP contribution in [0.2, 0.25) is 0 Å². The van der Waals surface area contributed by atoms with Gasteiger partial charge in [0.2, 0.25) is 0 Å². The number of ether oxygens (including phenoxy) is 4. The van der Waals surface area contributed by atoms with E-state index in [9.17, 15) is 14.4 Å². The Morgan fingerprint density at radius 3 is 2.05 bits per heavy atom. The van der Waals surface area contributed by atoms with Crippen molar-refractivity contribution in [3.8, 4) is 16.9 Å². The zero-order chi connectivity index (χ0) is 30.3. The van der Waals surface area contributed by atoms with Gasteiger partial charge in [0.15, 0.2) is 6.04 Å². The number of aliphatic carboxylic acids is 1. The van der Waals surface area contributed by atoms with Crippen molar-refractivity contribution in [1.82, 2.24) is 5.32 Å². The van der Waals surface area contributed by atoms with Gasteiger partial charge in [-0.15, -0.1) is 0 Å². The van der Waals surface area contributed by atoms with Crippen molar-refractivity contribution < 1.29 is 38.4 Å². The molecule has 3 aromatic carbocycles. The van der Waals surface area contributed by atoms with E-state index in [1.165, 1.54) is 0 Å². The summed E-state index contributed by atoms with van der Waals surface area (Å²) in [7, 11) is 0. The molecule has 0 saturated carbocycles. The number of nitrogens with one attached hydrogen (secondary N) is 1. The average Bonchev–Trinajstić information content (AvgIpc) is 3.26. The van der Waals surface area contributed by atoms with Gasteiger partial charge in [0.05, 0.1) is 24.7 Å². The molecule has 0 radical (unpaired) electrons. The molecule has 222 valence electrons. The van der Waals surface area contributed by atoms with Crippen molar-refractivity contribution in [1.29, 1.82) is 0 Å². The Balaban J connectivity index is 1.38. The molecule has 4 rings (SSSR count). The largest absolute Gasteiger partial charge is 0.493 e. The molecule has 0 saturated heterocycles. The van der Waals surface area contributed by atoms with E-state index in [2.05, 4.69) is 17.4 Å². The number of carbonyl (C=O) groups excluding carboxylic acids is 2. The molecule has 0 spiro atoms. The first-order valence-electron chi connectivity index (χ1n) is 13.9. The second kappa shape index (κ2) is 13.5. The zero-order valence-corrected chi connectivity index (χ0v) is 24.3. The van der Waals surface area contributed by atoms with Gasteiger partial charge in [0, 0.05) is 5.92 Å². The fraction of sp³-hybridized carbons (Fsp3) is 0.364. The molecule has 0 unspecified atom stereocenters. The van der Waals surface area contributed by atoms with E-state index in [0.717, 1.165) is 22.3 Å². The number of esters is 1. The molecule has 0 aromatic heterocycles. The van der Waals surface area contributed by atoms with Gasteiger partial charge in [-0.05, 0) is 67.6 Å². The van der Waals surface area contributed by atoms with Crippen molar-refractivity contribution in [3.63, 3.8) is 0 Å². The van der Waals surface area contributed by atoms with Gasteiger partial charge in [-0.25, -0.2) is 9.59 Å². The van der Waals surface area contributed by atoms with E-state index >= 15 is 0 Å². The number of alkyl carbamates (subject to hydrolysis) is 1. The van der Waals surface area contributed by atoms with Gasteiger partial charge in [-0.1, -0.05) is 60.7 Å². The lowest BCUT2D eigenvalue weighted by Crippen LogP contribution is -2.51. The first kappa shape index (κ1) is 30.6. The van der Waals surface area contributed by atoms with Gasteiger partial charge in [-0.3, -0.25) is 4.79 Å². The van der Waals surface area contributed by atoms with E-state index in [-0.39, 0.29) is 32.2 Å². The second-order valence-corrected chi connectivity index (χ2v) is 11.1. The van der Waals surface area contributed by atoms with E-state index in [4.69, 9.17) is 24.1 Å². The number of rotatable bonds is 12. The number of carboxylic acids is 1. The summed E-state index contributed by atoms with van der Waals surface area (Å²) in [5.74, 6) is -1.22. The molecule has 0 fully saturated rings. The predicted octanol–water partition coefficient (Wildman–Crippen LogP) is 5.69. The fourth-order valence-electron chi connectivity index (χ4n) is 4.94. The van der Waals surface area contributed by atoms with Crippen LogP contribution >= 0.6 is 0 Å². The smallest absolute Gasteiger partial charge is 0.407 e. The third-order valence-corrected chi connectivity index (χ3v) is 6.77. The van der Waals surface area contributed by atoms with Crippen LogP contribution in [0, 0.1) is 0 Å². The highest BCUT2D eigenvalue weighted by molar-refractivity contribution is 5.82. The number of carbonyl (C=O) groups is 3. The van der Waals surface area contributed by atoms with Gasteiger partial charge < -0.3 is 29.4 Å². The maximum atomic E-state index is 13.2. The zero-order valence-electron chi connectivity index (χ0n) is 24.3. The highest BCUT2D eigenvalue weighted by Crippen LogP contribution is 2.44. The minimum absolute atomic E-state index is 0.0423. The maximum absolute atomic E-state index is 13.2. The van der Waals surface area contributed by atoms with Crippen molar-refractivity contribution in [2.45, 2.75) is 64.4 Å². The number of benzene rings is 3. The molecular weight excluding hydrogens is 538 g/mol. The minimum atomic E-state index is -1.11. The number of carboxylic acid groups (broad SMARTS) is 1. The van der Waals surface area contributed by atoms with Gasteiger partial charge in [0.1, 0.15) is 19.0 Å². The molecule has 42 heavy (non-hydrogen) atoms. The molecule has 2 atom stereocenters. The lowest BCUT2D eigenvalue weighted by Gasteiger charge is -2.30. The molecule has 0 aliphatic heterocycles. The average molecular weight is 576 g/mol. The third kappa shape index (κ3) is 8.10. The van der Waals surface area contributed by atoms with Crippen LogP contribution in [0.5, 0.6) is 5.75 Å². The highest BCUT2D eigenvalue weighted by Gasteiger charge is 2.34. The summed E-state index contributed by atoms with van der Waals surface area (Å²) in [5.41, 5.74) is 4.54. The summed E-state index contributed by atoms with van der Waals surface area (Å²) in [6.45, 7) is 7.40. The minimum Gasteiger partial charge on any atom is -0.493 e. The summed E-state index contributed by atoms with van der Waals surface area (Å²) in [6, 6.07) is 21.8. The summed E-state index contributed by atoms with van der Waals surface area (Å²) < 4.78 is 22.6. The quantitative estimate of drug-likeness (QED) is 0.264. The van der Waals surface area contributed by atoms with Crippen LogP contribution in [0.3, 0.4) is 0 Å². The molecule has 9 nitrogen and oxygen atoms in total. The number of hydrogen-bond acceptors (Lipinski definition) is 7. The molecule has 0 heterocycles. The van der Waals surface area contributed by atoms with Crippen LogP contribution in [0.4, 0.5) is 4.79 Å². The number of hydrogen-bond donors (Lipinski definition) is 2. The van der Waals surface area contributed by atoms with Crippen LogP contribution in [0.1, 0.15) is 56.7 Å². The molecule has 1 aliphatic rings. The Morgan fingerprint density at radius 1 is 0.881 bits per heavy atom. The van der Waals surface area contributed by atoms with E-state index < -0.39 is 35.8 Å². The fourth-order valence-corrected chi connectivity index (χ4v) is 4.94. The lowest BCUT2D eigenvalue weighted by molar-refractivity contribution is -0.155. The Kier molecular flexibility index (Phi) is 9.85. The standard InChI is InChI=1S/C33H37NO8/c1-21(42-33(2,3)4)30(31(37)40-19-22-13-15-23(16-14-22)39-18-17-29(35)36)34-32(38)41-20-28-26-11-7-5-9-24(26)25-10-6-8-12-27(25)28/h5-16,21,28,30H,17-20H2,1-4H3,(H,34,38)(H,35,36)/t21-,30+/m1/s1. The van der Waals surface area contributed by atoms with Gasteiger partial charge in [-0.2, -0.15) is 0 Å². The van der Waals surface area contributed by atoms with E-state index in [1.54, 1.807) is 31.2 Å². The molecule has 0 bridgehead atoms. The van der Waals surface area contributed by atoms with Crippen molar-refractivity contribution in [2.75, 3.05) is 13.2 Å². The van der Waals surface area contributed by atoms with E-state index in [1.807, 2.05) is 57.2 Å². The maximum Gasteiger partial charge on any atom is 0.407 e. The SMILES string of the molecule is C[C@@H](OC(C)(C)C)[C@H](NC(=O)OCC1c2ccccc2-c2ccccc21)C(=O)OCc1ccc(OCCC(=O)O)cc1. The van der Waals surface area contributed by atoms with Crippen LogP contribution in [0.15, 0.2) is 72.8 Å². The van der Waals surface area contributed by atoms with Crippen LogP contribution < -0.4 is 10.1 Å². The van der Waals surface area contributed by atoms with Gasteiger partial charge in [0.25, 0.3) is 0 Å². The molecular formula is C33H37NO8. The first-order chi connectivity index (χ1) is 20.0. The Morgan fingerprint density at radius 2 is 1.48 bits per heavy atom. The van der Waals surface area contributed by atoms with Crippen molar-refractivity contribution in [3.05, 3.63) is 89.5 Å². The molecule has 2 N–H and O–H groups in total. The number of amides is 1. The van der Waals surface area contributed by atoms with E-state index in [0.29, 0.717) is 11.3 Å². The summed E-state index contributed by atoms with van der Waals surface area (Å²) in [4.78, 5) is 36.8. The topological polar surface area (TPSA) is 120 Å². The van der Waals surface area contributed by atoms with Crippen LogP contribution in [-0.4, -0.2) is 54.1 Å². The lowest BCUT2D eigenvalue weighted by atomic mass is 9.98. The summed E-state index contributed by atoms with van der Waals surface area (Å²) in [6.07, 6.45) is -1.55. The molecule has 1 amide bonds. The van der Waals surface area contributed by atoms with Crippen molar-refractivity contribution in [2.24, 2.45) is 0 Å². The molecule has 3 aromatic rings. The number of fused-ring (bicyclic) bond motifs is 3. The van der Waals surface area contributed by atoms with Gasteiger partial charge >= 0.3 is 18.0 Å². The Labute approximate surface area is 245 Å². The molecule has 9 heteroatoms. The third-order valence-electron chi connectivity index (χ3n) is 6.77.